The molecular formula is C11H8BrClFN3S. The molecule has 0 saturated heterocycles. The first-order chi connectivity index (χ1) is 8.58. The van der Waals surface area contributed by atoms with Gasteiger partial charge in [-0.15, -0.1) is 0 Å². The van der Waals surface area contributed by atoms with Crippen LogP contribution in [0.5, 0.6) is 0 Å². The minimum atomic E-state index is -0.307. The molecule has 7 heteroatoms. The van der Waals surface area contributed by atoms with Crippen molar-refractivity contribution in [1.82, 2.24) is 9.97 Å². The van der Waals surface area contributed by atoms with Gasteiger partial charge in [0.15, 0.2) is 5.16 Å². The van der Waals surface area contributed by atoms with E-state index in [2.05, 4.69) is 31.2 Å². The second-order valence-corrected chi connectivity index (χ2v) is 5.33. The first kappa shape index (κ1) is 13.6. The normalized spacial score (nSPS) is 10.4. The molecule has 0 fully saturated rings. The third-order valence-corrected chi connectivity index (χ3v) is 3.45. The van der Waals surface area contributed by atoms with Crippen LogP contribution in [0.4, 0.5) is 15.9 Å². The number of aromatic nitrogens is 2. The summed E-state index contributed by atoms with van der Waals surface area (Å²) < 4.78 is 13.6. The van der Waals surface area contributed by atoms with Crippen LogP contribution in [-0.4, -0.2) is 16.2 Å². The molecular weight excluding hydrogens is 341 g/mol. The molecule has 2 rings (SSSR count). The predicted octanol–water partition coefficient (Wildman–Crippen LogP) is 4.50. The SMILES string of the molecule is CSc1nc(Cl)cc(Nc2ccc(F)cc2Br)n1. The summed E-state index contributed by atoms with van der Waals surface area (Å²) in [5.74, 6) is 0.254. The second kappa shape index (κ2) is 5.86. The minimum absolute atomic E-state index is 0.307. The zero-order valence-electron chi connectivity index (χ0n) is 9.25. The van der Waals surface area contributed by atoms with E-state index in [-0.39, 0.29) is 5.82 Å². The third kappa shape index (κ3) is 3.34. The number of benzene rings is 1. The Kier molecular flexibility index (Phi) is 4.42. The van der Waals surface area contributed by atoms with E-state index in [4.69, 9.17) is 11.6 Å². The van der Waals surface area contributed by atoms with Crippen LogP contribution in [0, 0.1) is 5.82 Å². The molecule has 0 aliphatic heterocycles. The van der Waals surface area contributed by atoms with Crippen molar-refractivity contribution in [3.63, 3.8) is 0 Å². The van der Waals surface area contributed by atoms with Gasteiger partial charge in [0, 0.05) is 10.5 Å². The van der Waals surface area contributed by atoms with E-state index in [1.165, 1.54) is 23.9 Å². The Morgan fingerprint density at radius 3 is 2.78 bits per heavy atom. The van der Waals surface area contributed by atoms with Gasteiger partial charge in [-0.3, -0.25) is 0 Å². The molecule has 0 saturated carbocycles. The summed E-state index contributed by atoms with van der Waals surface area (Å²) in [6.07, 6.45) is 1.86. The highest BCUT2D eigenvalue weighted by atomic mass is 79.9. The van der Waals surface area contributed by atoms with Crippen LogP contribution >= 0.6 is 39.3 Å². The molecule has 2 aromatic rings. The average Bonchev–Trinajstić information content (AvgIpc) is 2.32. The summed E-state index contributed by atoms with van der Waals surface area (Å²) in [7, 11) is 0. The van der Waals surface area contributed by atoms with Gasteiger partial charge in [0.05, 0.1) is 5.69 Å². The maximum Gasteiger partial charge on any atom is 0.190 e. The fourth-order valence-corrected chi connectivity index (χ4v) is 2.34. The van der Waals surface area contributed by atoms with E-state index in [1.54, 1.807) is 12.1 Å². The molecule has 0 radical (unpaired) electrons. The smallest absolute Gasteiger partial charge is 0.190 e. The van der Waals surface area contributed by atoms with Gasteiger partial charge in [0.25, 0.3) is 0 Å². The van der Waals surface area contributed by atoms with Gasteiger partial charge in [-0.25, -0.2) is 14.4 Å². The van der Waals surface area contributed by atoms with Gasteiger partial charge >= 0.3 is 0 Å². The summed E-state index contributed by atoms with van der Waals surface area (Å²) in [6, 6.07) is 5.97. The molecule has 1 heterocycles. The molecule has 0 bridgehead atoms. The number of anilines is 2. The molecule has 94 valence electrons. The zero-order valence-corrected chi connectivity index (χ0v) is 12.4. The maximum absolute atomic E-state index is 13.0. The standard InChI is InChI=1S/C11H8BrClFN3S/c1-18-11-16-9(13)5-10(17-11)15-8-3-2-6(14)4-7(8)12/h2-5H,1H3,(H,15,16,17). The average molecular weight is 349 g/mol. The summed E-state index contributed by atoms with van der Waals surface area (Å²) in [5.41, 5.74) is 0.707. The Hall–Kier alpha value is -0.850. The number of nitrogens with zero attached hydrogens (tertiary/aromatic N) is 2. The van der Waals surface area contributed by atoms with Crippen molar-refractivity contribution in [2.75, 3.05) is 11.6 Å². The lowest BCUT2D eigenvalue weighted by Gasteiger charge is -2.08. The highest BCUT2D eigenvalue weighted by molar-refractivity contribution is 9.10. The highest BCUT2D eigenvalue weighted by Crippen LogP contribution is 2.27. The number of hydrogen-bond donors (Lipinski definition) is 1. The Morgan fingerprint density at radius 2 is 2.11 bits per heavy atom. The predicted molar refractivity (Wildman–Crippen MR) is 76.2 cm³/mol. The number of thioether (sulfide) groups is 1. The second-order valence-electron chi connectivity index (χ2n) is 3.31. The van der Waals surface area contributed by atoms with Crippen molar-refractivity contribution in [3.8, 4) is 0 Å². The Labute approximate surface area is 121 Å². The fourth-order valence-electron chi connectivity index (χ4n) is 1.28. The third-order valence-electron chi connectivity index (χ3n) is 2.05. The van der Waals surface area contributed by atoms with Crippen molar-refractivity contribution in [2.45, 2.75) is 5.16 Å². The Balaban J connectivity index is 2.30. The van der Waals surface area contributed by atoms with E-state index < -0.39 is 0 Å². The summed E-state index contributed by atoms with van der Waals surface area (Å²) in [6.45, 7) is 0. The largest absolute Gasteiger partial charge is 0.339 e. The quantitative estimate of drug-likeness (QED) is 0.503. The minimum Gasteiger partial charge on any atom is -0.339 e. The molecule has 0 aliphatic rings. The molecule has 3 nitrogen and oxygen atoms in total. The molecule has 0 spiro atoms. The first-order valence-corrected chi connectivity index (χ1v) is 7.28. The lowest BCUT2D eigenvalue weighted by atomic mass is 10.3. The van der Waals surface area contributed by atoms with Gasteiger partial charge in [0.1, 0.15) is 16.8 Å². The van der Waals surface area contributed by atoms with Crippen LogP contribution < -0.4 is 5.32 Å². The van der Waals surface area contributed by atoms with Gasteiger partial charge in [-0.2, -0.15) is 0 Å². The van der Waals surface area contributed by atoms with Crippen LogP contribution in [-0.2, 0) is 0 Å². The van der Waals surface area contributed by atoms with Gasteiger partial charge in [0.2, 0.25) is 0 Å². The van der Waals surface area contributed by atoms with Crippen molar-refractivity contribution in [2.24, 2.45) is 0 Å². The van der Waals surface area contributed by atoms with Crippen molar-refractivity contribution < 1.29 is 4.39 Å². The molecule has 18 heavy (non-hydrogen) atoms. The van der Waals surface area contributed by atoms with E-state index in [0.717, 1.165) is 0 Å². The summed E-state index contributed by atoms with van der Waals surface area (Å²) in [5, 5.41) is 3.98. The van der Waals surface area contributed by atoms with Crippen LogP contribution in [0.1, 0.15) is 0 Å². The van der Waals surface area contributed by atoms with Gasteiger partial charge < -0.3 is 5.32 Å². The van der Waals surface area contributed by atoms with E-state index in [1.807, 2.05) is 6.26 Å². The Bertz CT molecular complexity index is 582. The molecule has 0 atom stereocenters. The molecule has 0 aliphatic carbocycles. The van der Waals surface area contributed by atoms with E-state index >= 15 is 0 Å². The number of hydrogen-bond acceptors (Lipinski definition) is 4. The van der Waals surface area contributed by atoms with Gasteiger partial charge in [-0.05, 0) is 40.4 Å². The highest BCUT2D eigenvalue weighted by Gasteiger charge is 2.06. The number of halogens is 3. The molecule has 0 amide bonds. The van der Waals surface area contributed by atoms with Crippen LogP contribution in [0.15, 0.2) is 33.9 Å². The Morgan fingerprint density at radius 1 is 1.33 bits per heavy atom. The molecule has 1 aromatic heterocycles. The van der Waals surface area contributed by atoms with Crippen LogP contribution in [0.3, 0.4) is 0 Å². The maximum atomic E-state index is 13.0. The number of rotatable bonds is 3. The van der Waals surface area contributed by atoms with Crippen LogP contribution in [0.2, 0.25) is 5.15 Å². The monoisotopic (exact) mass is 347 g/mol. The van der Waals surface area contributed by atoms with E-state index in [0.29, 0.717) is 26.3 Å². The van der Waals surface area contributed by atoms with Crippen LogP contribution in [0.25, 0.3) is 0 Å². The number of nitrogens with one attached hydrogen (secondary N) is 1. The fraction of sp³-hybridized carbons (Fsp3) is 0.0909. The zero-order chi connectivity index (χ0) is 13.1. The molecule has 0 unspecified atom stereocenters. The van der Waals surface area contributed by atoms with E-state index in [9.17, 15) is 4.39 Å². The topological polar surface area (TPSA) is 37.8 Å². The van der Waals surface area contributed by atoms with Crippen molar-refractivity contribution in [1.29, 1.82) is 0 Å². The molecule has 1 N–H and O–H groups in total. The lowest BCUT2D eigenvalue weighted by molar-refractivity contribution is 0.627. The summed E-state index contributed by atoms with van der Waals surface area (Å²) in [4.78, 5) is 8.29. The van der Waals surface area contributed by atoms with Gasteiger partial charge in [-0.1, -0.05) is 23.4 Å². The lowest BCUT2D eigenvalue weighted by Crippen LogP contribution is -1.97. The van der Waals surface area contributed by atoms with Crippen molar-refractivity contribution >= 4 is 50.8 Å². The molecule has 1 aromatic carbocycles. The summed E-state index contributed by atoms with van der Waals surface area (Å²) >= 11 is 10.6. The van der Waals surface area contributed by atoms with Crippen molar-refractivity contribution in [3.05, 3.63) is 39.7 Å². The first-order valence-electron chi connectivity index (χ1n) is 4.89.